The summed E-state index contributed by atoms with van der Waals surface area (Å²) >= 11 is 1.25. The van der Waals surface area contributed by atoms with Crippen molar-refractivity contribution in [3.8, 4) is 10.4 Å². The third kappa shape index (κ3) is 3.68. The Morgan fingerprint density at radius 3 is 2.79 bits per heavy atom. The molecule has 1 aliphatic carbocycles. The van der Waals surface area contributed by atoms with Crippen LogP contribution >= 0.6 is 11.3 Å². The molecule has 1 unspecified atom stereocenters. The maximum atomic E-state index is 13.4. The van der Waals surface area contributed by atoms with Crippen molar-refractivity contribution < 1.29 is 18.0 Å². The van der Waals surface area contributed by atoms with E-state index in [1.54, 1.807) is 13.0 Å². The second-order valence-electron chi connectivity index (χ2n) is 8.25. The largest absolute Gasteiger partial charge is 0.416 e. The summed E-state index contributed by atoms with van der Waals surface area (Å²) in [6.07, 6.45) is -2.29. The van der Waals surface area contributed by atoms with E-state index < -0.39 is 11.7 Å². The minimum absolute atomic E-state index is 0.0335. The highest BCUT2D eigenvalue weighted by molar-refractivity contribution is 7.15. The van der Waals surface area contributed by atoms with Crippen LogP contribution in [0.25, 0.3) is 10.4 Å². The molecule has 1 saturated carbocycles. The average molecular weight is 424 g/mol. The van der Waals surface area contributed by atoms with E-state index in [1.807, 2.05) is 4.90 Å². The lowest BCUT2D eigenvalue weighted by Crippen LogP contribution is -2.43. The number of aromatic nitrogens is 1. The first-order chi connectivity index (χ1) is 13.7. The van der Waals surface area contributed by atoms with Crippen LogP contribution in [-0.4, -0.2) is 34.9 Å². The number of hydrogen-bond donors (Lipinski definition) is 1. The second kappa shape index (κ2) is 7.40. The Morgan fingerprint density at radius 2 is 2.10 bits per heavy atom. The van der Waals surface area contributed by atoms with Gasteiger partial charge in [0.25, 0.3) is 5.91 Å². The summed E-state index contributed by atoms with van der Waals surface area (Å²) < 4.78 is 39.5. The van der Waals surface area contributed by atoms with Gasteiger partial charge in [-0.15, -0.1) is 11.3 Å². The van der Waals surface area contributed by atoms with E-state index in [0.29, 0.717) is 46.3 Å². The number of benzene rings is 1. The minimum atomic E-state index is -4.44. The number of fused-ring (bicyclic) bond motifs is 1. The number of likely N-dealkylation sites (tertiary alicyclic amines) is 1. The number of nitrogens with two attached hydrogens (primary N) is 1. The summed E-state index contributed by atoms with van der Waals surface area (Å²) in [5.74, 6) is 1.26. The molecule has 4 nitrogen and oxygen atoms in total. The Morgan fingerprint density at radius 1 is 1.34 bits per heavy atom. The van der Waals surface area contributed by atoms with Crippen molar-refractivity contribution in [1.82, 2.24) is 9.88 Å². The topological polar surface area (TPSA) is 59.2 Å². The molecule has 0 radical (unpaired) electrons. The molecule has 4 atom stereocenters. The zero-order chi connectivity index (χ0) is 20.9. The molecule has 2 fully saturated rings. The molecule has 1 aromatic carbocycles. The fourth-order valence-electron chi connectivity index (χ4n) is 5.02. The molecule has 1 aromatic heterocycles. The number of rotatable bonds is 3. The van der Waals surface area contributed by atoms with Gasteiger partial charge < -0.3 is 10.6 Å². The van der Waals surface area contributed by atoms with Gasteiger partial charge in [0.1, 0.15) is 5.69 Å². The molecule has 29 heavy (non-hydrogen) atoms. The Balaban J connectivity index is 1.68. The maximum Gasteiger partial charge on any atom is 0.416 e. The van der Waals surface area contributed by atoms with Crippen molar-refractivity contribution in [3.05, 3.63) is 40.5 Å². The summed E-state index contributed by atoms with van der Waals surface area (Å²) in [4.78, 5) is 20.1. The fraction of sp³-hybridized carbons (Fsp3) is 0.524. The quantitative estimate of drug-likeness (QED) is 0.786. The van der Waals surface area contributed by atoms with Gasteiger partial charge in [-0.05, 0) is 55.2 Å². The number of halogens is 3. The molecular weight excluding hydrogens is 399 g/mol. The Bertz CT molecular complexity index is 926. The van der Waals surface area contributed by atoms with Gasteiger partial charge in [0.05, 0.1) is 15.4 Å². The van der Waals surface area contributed by atoms with Gasteiger partial charge in [-0.3, -0.25) is 4.79 Å². The van der Waals surface area contributed by atoms with Gasteiger partial charge in [-0.25, -0.2) is 4.98 Å². The van der Waals surface area contributed by atoms with E-state index in [4.69, 9.17) is 5.73 Å². The van der Waals surface area contributed by atoms with E-state index in [2.05, 4.69) is 11.9 Å². The first-order valence-corrected chi connectivity index (χ1v) is 10.7. The summed E-state index contributed by atoms with van der Waals surface area (Å²) in [5, 5.41) is 0.651. The summed E-state index contributed by atoms with van der Waals surface area (Å²) in [6.45, 7) is 5.03. The third-order valence-electron chi connectivity index (χ3n) is 6.20. The van der Waals surface area contributed by atoms with Crippen molar-refractivity contribution >= 4 is 17.2 Å². The monoisotopic (exact) mass is 423 g/mol. The Kier molecular flexibility index (Phi) is 5.19. The van der Waals surface area contributed by atoms with Crippen LogP contribution in [0, 0.1) is 24.7 Å². The van der Waals surface area contributed by atoms with Gasteiger partial charge in [0.15, 0.2) is 0 Å². The number of nitrogens with zero attached hydrogens (tertiary/aromatic N) is 2. The van der Waals surface area contributed by atoms with E-state index in [1.165, 1.54) is 17.4 Å². The molecule has 4 rings (SSSR count). The lowest BCUT2D eigenvalue weighted by molar-refractivity contribution is -0.137. The van der Waals surface area contributed by atoms with Crippen LogP contribution in [0.1, 0.15) is 40.8 Å². The summed E-state index contributed by atoms with van der Waals surface area (Å²) in [6, 6.07) is 5.05. The highest BCUT2D eigenvalue weighted by Gasteiger charge is 2.48. The average Bonchev–Trinajstić information content (AvgIpc) is 3.32. The predicted octanol–water partition coefficient (Wildman–Crippen LogP) is 4.58. The number of alkyl halides is 3. The van der Waals surface area contributed by atoms with Gasteiger partial charge in [-0.2, -0.15) is 13.2 Å². The van der Waals surface area contributed by atoms with Crippen LogP contribution in [0.5, 0.6) is 0 Å². The number of amides is 1. The molecule has 2 aromatic rings. The van der Waals surface area contributed by atoms with E-state index in [9.17, 15) is 18.0 Å². The number of carbonyl (C=O) groups is 1. The lowest BCUT2D eigenvalue weighted by Gasteiger charge is -2.27. The standard InChI is InChI=1S/C21H24F3N3OS/c1-11-6-14-10-27(17(9-25)16(14)7-11)20(28)18-19(29-12(2)26-18)13-4-3-5-15(8-13)21(22,23)24/h3-5,8,11,14,16-17H,6-7,9-10,25H2,1-2H3/t11?,14-,16-,17+/m0/s1. The molecule has 0 spiro atoms. The Labute approximate surface area is 171 Å². The van der Waals surface area contributed by atoms with E-state index in [-0.39, 0.29) is 17.6 Å². The zero-order valence-electron chi connectivity index (χ0n) is 16.4. The molecule has 2 aliphatic rings. The molecule has 2 heterocycles. The number of aryl methyl sites for hydroxylation is 1. The molecule has 2 N–H and O–H groups in total. The lowest BCUT2D eigenvalue weighted by atomic mass is 9.94. The van der Waals surface area contributed by atoms with Crippen molar-refractivity contribution in [3.63, 3.8) is 0 Å². The normalized spacial score (nSPS) is 26.8. The summed E-state index contributed by atoms with van der Waals surface area (Å²) in [7, 11) is 0. The molecule has 156 valence electrons. The minimum Gasteiger partial charge on any atom is -0.332 e. The van der Waals surface area contributed by atoms with E-state index in [0.717, 1.165) is 25.0 Å². The van der Waals surface area contributed by atoms with Crippen molar-refractivity contribution in [2.75, 3.05) is 13.1 Å². The smallest absolute Gasteiger partial charge is 0.332 e. The number of thiazole rings is 1. The predicted molar refractivity (Wildman–Crippen MR) is 107 cm³/mol. The van der Waals surface area contributed by atoms with Crippen molar-refractivity contribution in [2.45, 2.75) is 38.9 Å². The van der Waals surface area contributed by atoms with Crippen LogP contribution < -0.4 is 5.73 Å². The van der Waals surface area contributed by atoms with Crippen molar-refractivity contribution in [2.24, 2.45) is 23.5 Å². The van der Waals surface area contributed by atoms with E-state index >= 15 is 0 Å². The second-order valence-corrected chi connectivity index (χ2v) is 9.45. The van der Waals surface area contributed by atoms with Gasteiger partial charge in [0, 0.05) is 19.1 Å². The van der Waals surface area contributed by atoms with Gasteiger partial charge in [-0.1, -0.05) is 19.1 Å². The van der Waals surface area contributed by atoms with Crippen LogP contribution in [0.4, 0.5) is 13.2 Å². The zero-order valence-corrected chi connectivity index (χ0v) is 17.2. The maximum absolute atomic E-state index is 13.4. The molecule has 8 heteroatoms. The first kappa shape index (κ1) is 20.3. The van der Waals surface area contributed by atoms with Crippen LogP contribution in [0.15, 0.2) is 24.3 Å². The van der Waals surface area contributed by atoms with Gasteiger partial charge >= 0.3 is 6.18 Å². The van der Waals surface area contributed by atoms with Crippen LogP contribution in [0.2, 0.25) is 0 Å². The van der Waals surface area contributed by atoms with Crippen LogP contribution in [0.3, 0.4) is 0 Å². The molecule has 0 bridgehead atoms. The fourth-order valence-corrected chi connectivity index (χ4v) is 5.93. The highest BCUT2D eigenvalue weighted by atomic mass is 32.1. The number of carbonyl (C=O) groups excluding carboxylic acids is 1. The molecular formula is C21H24F3N3OS. The molecule has 1 amide bonds. The van der Waals surface area contributed by atoms with Crippen LogP contribution in [-0.2, 0) is 6.18 Å². The molecule has 1 aliphatic heterocycles. The number of hydrogen-bond acceptors (Lipinski definition) is 4. The van der Waals surface area contributed by atoms with Crippen molar-refractivity contribution in [1.29, 1.82) is 0 Å². The Hall–Kier alpha value is -1.93. The highest BCUT2D eigenvalue weighted by Crippen LogP contribution is 2.45. The SMILES string of the molecule is Cc1nc(C(=O)N2C[C@@H]3CC(C)C[C@@H]3[C@H]2CN)c(-c2cccc(C(F)(F)F)c2)s1. The first-order valence-electron chi connectivity index (χ1n) is 9.85. The summed E-state index contributed by atoms with van der Waals surface area (Å²) in [5.41, 5.74) is 5.90. The third-order valence-corrected chi connectivity index (χ3v) is 7.22. The van der Waals surface area contributed by atoms with Gasteiger partial charge in [0.2, 0.25) is 0 Å². The molecule has 1 saturated heterocycles.